The molecule has 1 saturated heterocycles. The molecule has 1 heterocycles. The zero-order chi connectivity index (χ0) is 17.8. The average molecular weight is 337 g/mol. The molecule has 0 radical (unpaired) electrons. The van der Waals surface area contributed by atoms with Crippen LogP contribution < -0.4 is 10.2 Å². The number of hydrogen-bond acceptors (Lipinski definition) is 1. The van der Waals surface area contributed by atoms with Gasteiger partial charge in [0.05, 0.1) is 13.1 Å². The fourth-order valence-corrected chi connectivity index (χ4v) is 4.07. The highest BCUT2D eigenvalue weighted by Gasteiger charge is 2.32. The number of rotatable bonds is 4. The van der Waals surface area contributed by atoms with E-state index >= 15 is 0 Å². The molecule has 132 valence electrons. The molecule has 0 aromatic heterocycles. The van der Waals surface area contributed by atoms with Gasteiger partial charge in [0.25, 0.3) is 5.91 Å². The maximum Gasteiger partial charge on any atom is 0.282 e. The lowest BCUT2D eigenvalue weighted by Gasteiger charge is -2.35. The molecule has 1 unspecified atom stereocenters. The van der Waals surface area contributed by atoms with Gasteiger partial charge in [0.1, 0.15) is 0 Å². The quantitative estimate of drug-likeness (QED) is 0.882. The molecule has 2 aromatic rings. The summed E-state index contributed by atoms with van der Waals surface area (Å²) in [6.45, 7) is 8.81. The van der Waals surface area contributed by atoms with Gasteiger partial charge in [-0.05, 0) is 25.0 Å². The van der Waals surface area contributed by atoms with Crippen LogP contribution in [0.25, 0.3) is 11.1 Å². The van der Waals surface area contributed by atoms with E-state index in [4.69, 9.17) is 0 Å². The van der Waals surface area contributed by atoms with Crippen LogP contribution in [0.3, 0.4) is 0 Å². The van der Waals surface area contributed by atoms with Gasteiger partial charge in [-0.25, -0.2) is 0 Å². The van der Waals surface area contributed by atoms with Gasteiger partial charge in [0.2, 0.25) is 0 Å². The van der Waals surface area contributed by atoms with E-state index in [1.807, 2.05) is 36.4 Å². The molecule has 1 aliphatic rings. The Labute approximate surface area is 151 Å². The predicted molar refractivity (Wildman–Crippen MR) is 104 cm³/mol. The summed E-state index contributed by atoms with van der Waals surface area (Å²) in [5, 5.41) is 3.18. The zero-order valence-electron chi connectivity index (χ0n) is 15.5. The first kappa shape index (κ1) is 17.7. The number of carbonyl (C=O) groups excluding carboxylic acids is 1. The standard InChI is InChI=1S/C22H28N2O/c1-16-13-17(2)15-24(14-16)18(3)22(25)23-21-12-8-7-11-20(21)19-9-5-4-6-10-19/h4-12,16-18H,13-15H2,1-3H3,(H,23,25)/p+1/t16-,17+,18-/m0/s1. The number of para-hydroxylation sites is 1. The minimum absolute atomic E-state index is 0.0333. The normalized spacial score (nSPS) is 24.5. The number of hydrogen-bond donors (Lipinski definition) is 2. The van der Waals surface area contributed by atoms with Crippen molar-refractivity contribution in [1.82, 2.24) is 0 Å². The largest absolute Gasteiger partial charge is 0.324 e. The second-order valence-corrected chi connectivity index (χ2v) is 7.64. The molecule has 3 heteroatoms. The Morgan fingerprint density at radius 3 is 2.28 bits per heavy atom. The van der Waals surface area contributed by atoms with Crippen molar-refractivity contribution in [3.8, 4) is 11.1 Å². The topological polar surface area (TPSA) is 33.5 Å². The lowest BCUT2D eigenvalue weighted by molar-refractivity contribution is -0.925. The second-order valence-electron chi connectivity index (χ2n) is 7.64. The highest BCUT2D eigenvalue weighted by Crippen LogP contribution is 2.27. The molecule has 1 fully saturated rings. The molecule has 1 amide bonds. The number of likely N-dealkylation sites (tertiary alicyclic amines) is 1. The Morgan fingerprint density at radius 1 is 1.00 bits per heavy atom. The third-order valence-electron chi connectivity index (χ3n) is 5.30. The lowest BCUT2D eigenvalue weighted by Crippen LogP contribution is -3.18. The van der Waals surface area contributed by atoms with Crippen molar-refractivity contribution in [2.75, 3.05) is 18.4 Å². The third-order valence-corrected chi connectivity index (χ3v) is 5.30. The van der Waals surface area contributed by atoms with Gasteiger partial charge >= 0.3 is 0 Å². The summed E-state index contributed by atoms with van der Waals surface area (Å²) >= 11 is 0. The van der Waals surface area contributed by atoms with Crippen LogP contribution in [0, 0.1) is 11.8 Å². The number of anilines is 1. The van der Waals surface area contributed by atoms with Crippen molar-refractivity contribution >= 4 is 11.6 Å². The first-order chi connectivity index (χ1) is 12.0. The van der Waals surface area contributed by atoms with Crippen molar-refractivity contribution in [3.63, 3.8) is 0 Å². The molecule has 1 aliphatic heterocycles. The van der Waals surface area contributed by atoms with E-state index in [-0.39, 0.29) is 11.9 Å². The Kier molecular flexibility index (Phi) is 5.54. The second kappa shape index (κ2) is 7.83. The van der Waals surface area contributed by atoms with E-state index in [0.717, 1.165) is 29.9 Å². The summed E-state index contributed by atoms with van der Waals surface area (Å²) in [6.07, 6.45) is 1.27. The van der Waals surface area contributed by atoms with E-state index in [2.05, 4.69) is 44.3 Å². The van der Waals surface area contributed by atoms with Crippen molar-refractivity contribution in [1.29, 1.82) is 0 Å². The maximum absolute atomic E-state index is 12.9. The van der Waals surface area contributed by atoms with Gasteiger partial charge < -0.3 is 10.2 Å². The molecule has 0 bridgehead atoms. The Hall–Kier alpha value is -2.13. The highest BCUT2D eigenvalue weighted by molar-refractivity contribution is 5.97. The predicted octanol–water partition coefficient (Wildman–Crippen LogP) is 3.24. The average Bonchev–Trinajstić information content (AvgIpc) is 2.61. The van der Waals surface area contributed by atoms with Crippen LogP contribution in [0.4, 0.5) is 5.69 Å². The molecule has 25 heavy (non-hydrogen) atoms. The highest BCUT2D eigenvalue weighted by atomic mass is 16.2. The van der Waals surface area contributed by atoms with E-state index in [9.17, 15) is 4.79 Å². The molecular formula is C22H29N2O+. The molecule has 2 N–H and O–H groups in total. The number of carbonyl (C=O) groups is 1. The van der Waals surface area contributed by atoms with E-state index < -0.39 is 0 Å². The summed E-state index contributed by atoms with van der Waals surface area (Å²) < 4.78 is 0. The van der Waals surface area contributed by atoms with Crippen molar-refractivity contribution in [2.24, 2.45) is 11.8 Å². The van der Waals surface area contributed by atoms with Gasteiger partial charge in [0.15, 0.2) is 6.04 Å². The summed E-state index contributed by atoms with van der Waals surface area (Å²) in [4.78, 5) is 14.3. The maximum atomic E-state index is 12.9. The summed E-state index contributed by atoms with van der Waals surface area (Å²) in [7, 11) is 0. The van der Waals surface area contributed by atoms with Gasteiger partial charge in [-0.3, -0.25) is 4.79 Å². The number of amides is 1. The van der Waals surface area contributed by atoms with Crippen LogP contribution in [-0.2, 0) is 4.79 Å². The van der Waals surface area contributed by atoms with Crippen LogP contribution >= 0.6 is 0 Å². The molecule has 0 saturated carbocycles. The zero-order valence-corrected chi connectivity index (χ0v) is 15.5. The monoisotopic (exact) mass is 337 g/mol. The van der Waals surface area contributed by atoms with Crippen LogP contribution in [0.15, 0.2) is 54.6 Å². The molecule has 0 spiro atoms. The molecule has 3 nitrogen and oxygen atoms in total. The minimum Gasteiger partial charge on any atom is -0.324 e. The summed E-state index contributed by atoms with van der Waals surface area (Å²) in [6, 6.07) is 18.2. The van der Waals surface area contributed by atoms with E-state index in [0.29, 0.717) is 11.8 Å². The third kappa shape index (κ3) is 4.29. The number of piperidine rings is 1. The number of quaternary nitrogens is 1. The van der Waals surface area contributed by atoms with Gasteiger partial charge in [0, 0.05) is 23.1 Å². The molecular weight excluding hydrogens is 308 g/mol. The van der Waals surface area contributed by atoms with Crippen molar-refractivity contribution in [3.05, 3.63) is 54.6 Å². The van der Waals surface area contributed by atoms with E-state index in [1.54, 1.807) is 0 Å². The fourth-order valence-electron chi connectivity index (χ4n) is 4.07. The van der Waals surface area contributed by atoms with Crippen molar-refractivity contribution < 1.29 is 9.69 Å². The summed E-state index contributed by atoms with van der Waals surface area (Å²) in [5.41, 5.74) is 3.08. The van der Waals surface area contributed by atoms with Crippen molar-refractivity contribution in [2.45, 2.75) is 33.2 Å². The Bertz CT molecular complexity index is 703. The Balaban J connectivity index is 1.75. The fraction of sp³-hybridized carbons (Fsp3) is 0.409. The molecule has 3 rings (SSSR count). The van der Waals surface area contributed by atoms with Gasteiger partial charge in [-0.1, -0.05) is 62.4 Å². The number of benzene rings is 2. The van der Waals surface area contributed by atoms with Crippen LogP contribution in [0.5, 0.6) is 0 Å². The lowest BCUT2D eigenvalue weighted by atomic mass is 9.91. The van der Waals surface area contributed by atoms with Crippen LogP contribution in [0.2, 0.25) is 0 Å². The first-order valence-corrected chi connectivity index (χ1v) is 9.34. The molecule has 0 aliphatic carbocycles. The van der Waals surface area contributed by atoms with Gasteiger partial charge in [-0.15, -0.1) is 0 Å². The van der Waals surface area contributed by atoms with E-state index in [1.165, 1.54) is 11.3 Å². The smallest absolute Gasteiger partial charge is 0.282 e. The number of nitrogens with one attached hydrogen (secondary N) is 2. The molecule has 4 atom stereocenters. The first-order valence-electron chi connectivity index (χ1n) is 9.34. The van der Waals surface area contributed by atoms with Gasteiger partial charge in [-0.2, -0.15) is 0 Å². The minimum atomic E-state index is -0.0333. The molecule has 2 aromatic carbocycles. The van der Waals surface area contributed by atoms with Crippen LogP contribution in [-0.4, -0.2) is 25.0 Å². The van der Waals surface area contributed by atoms with Crippen LogP contribution in [0.1, 0.15) is 27.2 Å². The Morgan fingerprint density at radius 2 is 1.60 bits per heavy atom. The SMILES string of the molecule is C[C@@H]1C[C@H](C)C[NH+]([C@@H](C)C(=O)Nc2ccccc2-c2ccccc2)C1. The summed E-state index contributed by atoms with van der Waals surface area (Å²) in [5.74, 6) is 1.48.